The second kappa shape index (κ2) is 15.0. The lowest BCUT2D eigenvalue weighted by Gasteiger charge is -2.46. The van der Waals surface area contributed by atoms with E-state index in [1.807, 2.05) is 26.8 Å². The lowest BCUT2D eigenvalue weighted by atomic mass is 9.96. The van der Waals surface area contributed by atoms with E-state index in [1.165, 1.54) is 0 Å². The summed E-state index contributed by atoms with van der Waals surface area (Å²) in [6.07, 6.45) is -11.3. The number of allylic oxidation sites excluding steroid dienone is 1. The summed E-state index contributed by atoms with van der Waals surface area (Å²) >= 11 is 0. The number of benzene rings is 1. The summed E-state index contributed by atoms with van der Waals surface area (Å²) in [4.78, 5) is 25.2. The number of phenols is 1. The molecule has 11 atom stereocenters. The molecule has 44 heavy (non-hydrogen) atoms. The van der Waals surface area contributed by atoms with E-state index in [0.717, 1.165) is 0 Å². The number of esters is 2. The number of phenolic OH excluding ortho intramolecular Hbond substituents is 1. The van der Waals surface area contributed by atoms with Crippen molar-refractivity contribution in [1.29, 1.82) is 0 Å². The van der Waals surface area contributed by atoms with Crippen LogP contribution in [0.1, 0.15) is 78.9 Å². The van der Waals surface area contributed by atoms with Gasteiger partial charge in [0.1, 0.15) is 24.4 Å². The Hall–Kier alpha value is -2.74. The minimum Gasteiger partial charge on any atom is -0.504 e. The standard InChI is InChI=1S/C32H48O12/c1-10-15(5)29(37)41-25-18(8)39-31(23(35)22(25)34)44-28-24(36)32(40-19(9)26(28)42-30(38)16(6)11-2)43-27-20(14(3)4)13-12-17(7)21(27)33/h11-15,18-19,22-26,28,31-36H,10H2,1-9H3. The predicted octanol–water partition coefficient (Wildman–Crippen LogP) is 3.00. The van der Waals surface area contributed by atoms with Crippen molar-refractivity contribution in [3.63, 3.8) is 0 Å². The molecule has 0 aromatic heterocycles. The monoisotopic (exact) mass is 624 g/mol. The molecule has 3 rings (SSSR count). The first-order valence-electron chi connectivity index (χ1n) is 15.2. The number of carbonyl (C=O) groups excluding carboxylic acids is 2. The zero-order chi connectivity index (χ0) is 33.0. The third-order valence-electron chi connectivity index (χ3n) is 8.30. The van der Waals surface area contributed by atoms with Crippen LogP contribution in [0.4, 0.5) is 0 Å². The molecule has 0 radical (unpaired) electrons. The van der Waals surface area contributed by atoms with Gasteiger partial charge in [0.05, 0.1) is 18.1 Å². The number of carbonyl (C=O) groups is 2. The molecule has 0 bridgehead atoms. The first kappa shape index (κ1) is 35.7. The number of aromatic hydroxyl groups is 1. The first-order valence-corrected chi connectivity index (χ1v) is 15.2. The summed E-state index contributed by atoms with van der Waals surface area (Å²) < 4.78 is 35.1. The molecule has 0 spiro atoms. The van der Waals surface area contributed by atoms with Crippen molar-refractivity contribution >= 4 is 11.9 Å². The van der Waals surface area contributed by atoms with Gasteiger partial charge in [0.25, 0.3) is 0 Å². The molecule has 2 aliphatic heterocycles. The molecule has 1 aromatic rings. The zero-order valence-corrected chi connectivity index (χ0v) is 26.9. The molecular weight excluding hydrogens is 576 g/mol. The summed E-state index contributed by atoms with van der Waals surface area (Å²) in [6, 6.07) is 3.57. The van der Waals surface area contributed by atoms with Gasteiger partial charge in [-0.2, -0.15) is 0 Å². The number of rotatable bonds is 10. The van der Waals surface area contributed by atoms with E-state index in [0.29, 0.717) is 23.1 Å². The van der Waals surface area contributed by atoms with Gasteiger partial charge in [-0.25, -0.2) is 4.79 Å². The number of aliphatic hydroxyl groups excluding tert-OH is 3. The van der Waals surface area contributed by atoms with Gasteiger partial charge in [-0.15, -0.1) is 0 Å². The third kappa shape index (κ3) is 7.72. The predicted molar refractivity (Wildman–Crippen MR) is 158 cm³/mol. The fourth-order valence-corrected chi connectivity index (χ4v) is 4.97. The molecule has 0 saturated carbocycles. The Bertz CT molecular complexity index is 1180. The number of aliphatic hydroxyl groups is 3. The Labute approximate surface area is 258 Å². The van der Waals surface area contributed by atoms with Gasteiger partial charge in [0, 0.05) is 11.1 Å². The number of ether oxygens (including phenoxy) is 6. The highest BCUT2D eigenvalue weighted by molar-refractivity contribution is 5.87. The van der Waals surface area contributed by atoms with Crippen LogP contribution in [0.3, 0.4) is 0 Å². The molecule has 2 fully saturated rings. The SMILES string of the molecule is CC=C(C)C(=O)OC1C(C)OC(Oc2c(C(C)C)ccc(C)c2O)C(O)C1OC1OC(C)C(OC(=O)C(C)CC)C(O)C1O. The van der Waals surface area contributed by atoms with E-state index in [9.17, 15) is 30.0 Å². The molecule has 4 N–H and O–H groups in total. The highest BCUT2D eigenvalue weighted by Gasteiger charge is 2.53. The van der Waals surface area contributed by atoms with Gasteiger partial charge in [0.15, 0.2) is 30.0 Å². The summed E-state index contributed by atoms with van der Waals surface area (Å²) in [5.74, 6) is -1.68. The van der Waals surface area contributed by atoms with Crippen molar-refractivity contribution < 1.29 is 58.4 Å². The molecule has 2 heterocycles. The van der Waals surface area contributed by atoms with Gasteiger partial charge in [-0.1, -0.05) is 45.9 Å². The van der Waals surface area contributed by atoms with Crippen LogP contribution in [0.15, 0.2) is 23.8 Å². The van der Waals surface area contributed by atoms with Gasteiger partial charge in [0.2, 0.25) is 6.29 Å². The number of aryl methyl sites for hydroxylation is 1. The van der Waals surface area contributed by atoms with Crippen molar-refractivity contribution in [1.82, 2.24) is 0 Å². The van der Waals surface area contributed by atoms with Crippen molar-refractivity contribution in [2.24, 2.45) is 5.92 Å². The maximum absolute atomic E-state index is 12.8. The van der Waals surface area contributed by atoms with E-state index >= 15 is 0 Å². The largest absolute Gasteiger partial charge is 0.504 e. The summed E-state index contributed by atoms with van der Waals surface area (Å²) in [5.41, 5.74) is 1.53. The molecule has 12 nitrogen and oxygen atoms in total. The second-order valence-corrected chi connectivity index (χ2v) is 12.0. The molecule has 0 aliphatic carbocycles. The highest BCUT2D eigenvalue weighted by Crippen LogP contribution is 2.40. The van der Waals surface area contributed by atoms with Crippen molar-refractivity contribution in [3.05, 3.63) is 34.9 Å². The lowest BCUT2D eigenvalue weighted by molar-refractivity contribution is -0.347. The Morgan fingerprint density at radius 1 is 0.932 bits per heavy atom. The van der Waals surface area contributed by atoms with Crippen LogP contribution in [0.2, 0.25) is 0 Å². The Kier molecular flexibility index (Phi) is 12.2. The Balaban J connectivity index is 1.92. The molecular formula is C32H48O12. The Morgan fingerprint density at radius 3 is 2.14 bits per heavy atom. The molecule has 2 aliphatic rings. The van der Waals surface area contributed by atoms with Crippen molar-refractivity contribution in [2.75, 3.05) is 0 Å². The molecule has 1 aromatic carbocycles. The fraction of sp³-hybridized carbons (Fsp3) is 0.688. The zero-order valence-electron chi connectivity index (χ0n) is 26.9. The van der Waals surface area contributed by atoms with Gasteiger partial charge < -0.3 is 48.8 Å². The van der Waals surface area contributed by atoms with Crippen LogP contribution in [0.25, 0.3) is 0 Å². The van der Waals surface area contributed by atoms with E-state index < -0.39 is 79.3 Å². The summed E-state index contributed by atoms with van der Waals surface area (Å²) in [7, 11) is 0. The average molecular weight is 625 g/mol. The van der Waals surface area contributed by atoms with Crippen LogP contribution < -0.4 is 4.74 Å². The normalized spacial score (nSPS) is 33.5. The van der Waals surface area contributed by atoms with Gasteiger partial charge >= 0.3 is 11.9 Å². The maximum Gasteiger partial charge on any atom is 0.333 e. The topological polar surface area (TPSA) is 170 Å². The lowest BCUT2D eigenvalue weighted by Crippen LogP contribution is -2.65. The molecule has 248 valence electrons. The first-order chi connectivity index (χ1) is 20.6. The van der Waals surface area contributed by atoms with Crippen LogP contribution in [-0.4, -0.2) is 93.8 Å². The number of hydrogen-bond acceptors (Lipinski definition) is 12. The van der Waals surface area contributed by atoms with Gasteiger partial charge in [-0.05, 0) is 52.5 Å². The average Bonchev–Trinajstić information content (AvgIpc) is 2.98. The number of hydrogen-bond donors (Lipinski definition) is 4. The fourth-order valence-electron chi connectivity index (χ4n) is 4.97. The molecule has 11 unspecified atom stereocenters. The van der Waals surface area contributed by atoms with E-state index in [-0.39, 0.29) is 17.4 Å². The quantitative estimate of drug-likeness (QED) is 0.222. The van der Waals surface area contributed by atoms with Crippen molar-refractivity contribution in [2.45, 2.75) is 136 Å². The third-order valence-corrected chi connectivity index (χ3v) is 8.30. The van der Waals surface area contributed by atoms with Gasteiger partial charge in [-0.3, -0.25) is 4.79 Å². The molecule has 0 amide bonds. The molecule has 2 saturated heterocycles. The highest BCUT2D eigenvalue weighted by atomic mass is 16.7. The minimum absolute atomic E-state index is 0.0460. The minimum atomic E-state index is -1.70. The van der Waals surface area contributed by atoms with Crippen LogP contribution in [0.5, 0.6) is 11.5 Å². The Morgan fingerprint density at radius 2 is 1.55 bits per heavy atom. The van der Waals surface area contributed by atoms with Crippen molar-refractivity contribution in [3.8, 4) is 11.5 Å². The summed E-state index contributed by atoms with van der Waals surface area (Å²) in [5, 5.41) is 44.3. The van der Waals surface area contributed by atoms with E-state index in [2.05, 4.69) is 0 Å². The van der Waals surface area contributed by atoms with E-state index in [4.69, 9.17) is 28.4 Å². The van der Waals surface area contributed by atoms with Crippen LogP contribution >= 0.6 is 0 Å². The second-order valence-electron chi connectivity index (χ2n) is 12.0. The summed E-state index contributed by atoms with van der Waals surface area (Å²) in [6.45, 7) is 15.4. The van der Waals surface area contributed by atoms with Crippen LogP contribution in [-0.2, 0) is 33.3 Å². The van der Waals surface area contributed by atoms with Crippen LogP contribution in [0, 0.1) is 12.8 Å². The smallest absolute Gasteiger partial charge is 0.333 e. The van der Waals surface area contributed by atoms with E-state index in [1.54, 1.807) is 53.7 Å². The molecule has 12 heteroatoms. The maximum atomic E-state index is 12.8.